The number of pyridine rings is 1. The van der Waals surface area contributed by atoms with E-state index in [9.17, 15) is 9.59 Å². The molecule has 0 spiro atoms. The molecule has 0 aliphatic carbocycles. The number of carbonyl (C=O) groups excluding carboxylic acids is 1. The number of aromatic nitrogens is 1. The largest absolute Gasteiger partial charge is 0.315 e. The van der Waals surface area contributed by atoms with E-state index in [1.807, 2.05) is 12.1 Å². The zero-order valence-corrected chi connectivity index (χ0v) is 13.6. The van der Waals surface area contributed by atoms with Crippen LogP contribution in [0.1, 0.15) is 11.1 Å². The van der Waals surface area contributed by atoms with E-state index in [4.69, 9.17) is 5.21 Å². The van der Waals surface area contributed by atoms with Crippen molar-refractivity contribution in [1.29, 1.82) is 0 Å². The minimum Gasteiger partial charge on any atom is -0.315 e. The number of amides is 1. The highest BCUT2D eigenvalue weighted by Crippen LogP contribution is 2.16. The van der Waals surface area contributed by atoms with Crippen LogP contribution in [0, 0.1) is 0 Å². The summed E-state index contributed by atoms with van der Waals surface area (Å²) in [4.78, 5) is 23.5. The number of aryl methyl sites for hydroxylation is 2. The third kappa shape index (κ3) is 4.02. The Hall–Kier alpha value is -3.18. The van der Waals surface area contributed by atoms with Crippen LogP contribution in [0.3, 0.4) is 0 Å². The molecular formula is C20H18N2O3. The van der Waals surface area contributed by atoms with Gasteiger partial charge in [0, 0.05) is 24.4 Å². The SMILES string of the molecule is O=C(/C=C/c1cccn(CCc2ccc3ccccc3c2)c1=O)NO. The molecule has 5 nitrogen and oxygen atoms in total. The quantitative estimate of drug-likeness (QED) is 0.428. The molecule has 0 saturated carbocycles. The maximum Gasteiger partial charge on any atom is 0.267 e. The average Bonchev–Trinajstić information content (AvgIpc) is 2.65. The topological polar surface area (TPSA) is 71.3 Å². The number of hydrogen-bond donors (Lipinski definition) is 2. The first-order valence-corrected chi connectivity index (χ1v) is 7.96. The molecule has 25 heavy (non-hydrogen) atoms. The summed E-state index contributed by atoms with van der Waals surface area (Å²) in [5, 5.41) is 10.9. The number of fused-ring (bicyclic) bond motifs is 1. The molecule has 0 aliphatic heterocycles. The average molecular weight is 334 g/mol. The van der Waals surface area contributed by atoms with Crippen LogP contribution in [0.15, 0.2) is 71.7 Å². The van der Waals surface area contributed by atoms with E-state index in [-0.39, 0.29) is 5.56 Å². The second kappa shape index (κ2) is 7.59. The minimum atomic E-state index is -0.675. The van der Waals surface area contributed by atoms with Gasteiger partial charge in [0.25, 0.3) is 11.5 Å². The molecule has 2 N–H and O–H groups in total. The third-order valence-corrected chi connectivity index (χ3v) is 4.03. The highest BCUT2D eigenvalue weighted by Gasteiger charge is 2.03. The first-order chi connectivity index (χ1) is 12.2. The number of hydrogen-bond acceptors (Lipinski definition) is 3. The monoisotopic (exact) mass is 334 g/mol. The van der Waals surface area contributed by atoms with Gasteiger partial charge in [-0.15, -0.1) is 0 Å². The molecule has 0 radical (unpaired) electrons. The summed E-state index contributed by atoms with van der Waals surface area (Å²) in [6, 6.07) is 17.9. The number of benzene rings is 2. The Morgan fingerprint density at radius 2 is 1.88 bits per heavy atom. The molecule has 3 rings (SSSR count). The van der Waals surface area contributed by atoms with Crippen LogP contribution in [0.2, 0.25) is 0 Å². The van der Waals surface area contributed by atoms with Crippen LogP contribution in [0.5, 0.6) is 0 Å². The predicted octanol–water partition coefficient (Wildman–Crippen LogP) is 2.76. The van der Waals surface area contributed by atoms with Crippen LogP contribution in [0.25, 0.3) is 16.8 Å². The smallest absolute Gasteiger partial charge is 0.267 e. The number of nitrogens with zero attached hydrogens (tertiary/aromatic N) is 1. The zero-order valence-electron chi connectivity index (χ0n) is 13.6. The van der Waals surface area contributed by atoms with Crippen LogP contribution in [-0.4, -0.2) is 15.7 Å². The lowest BCUT2D eigenvalue weighted by atomic mass is 10.1. The molecule has 0 unspecified atom stereocenters. The van der Waals surface area contributed by atoms with Crippen molar-refractivity contribution in [2.24, 2.45) is 0 Å². The van der Waals surface area contributed by atoms with Crippen molar-refractivity contribution in [3.63, 3.8) is 0 Å². The predicted molar refractivity (Wildman–Crippen MR) is 97.3 cm³/mol. The molecule has 5 heteroatoms. The molecule has 0 aliphatic rings. The van der Waals surface area contributed by atoms with Gasteiger partial charge in [0.1, 0.15) is 0 Å². The summed E-state index contributed by atoms with van der Waals surface area (Å²) in [7, 11) is 0. The summed E-state index contributed by atoms with van der Waals surface area (Å²) in [5.74, 6) is -0.675. The van der Waals surface area contributed by atoms with Crippen molar-refractivity contribution in [2.45, 2.75) is 13.0 Å². The van der Waals surface area contributed by atoms with E-state index in [1.54, 1.807) is 22.9 Å². The normalized spacial score (nSPS) is 11.1. The summed E-state index contributed by atoms with van der Waals surface area (Å²) >= 11 is 0. The molecule has 126 valence electrons. The lowest BCUT2D eigenvalue weighted by Crippen LogP contribution is -2.22. The van der Waals surface area contributed by atoms with Crippen LogP contribution in [-0.2, 0) is 17.8 Å². The van der Waals surface area contributed by atoms with Crippen LogP contribution < -0.4 is 11.0 Å². The van der Waals surface area contributed by atoms with Crippen molar-refractivity contribution in [2.75, 3.05) is 0 Å². The number of carbonyl (C=O) groups is 1. The second-order valence-corrected chi connectivity index (χ2v) is 5.70. The van der Waals surface area contributed by atoms with Crippen molar-refractivity contribution < 1.29 is 10.0 Å². The Labute approximate surface area is 144 Å². The molecule has 0 atom stereocenters. The Balaban J connectivity index is 1.77. The van der Waals surface area contributed by atoms with Crippen molar-refractivity contribution in [1.82, 2.24) is 10.0 Å². The van der Waals surface area contributed by atoms with Gasteiger partial charge in [-0.1, -0.05) is 42.5 Å². The van der Waals surface area contributed by atoms with Gasteiger partial charge in [-0.2, -0.15) is 0 Å². The first kappa shape index (κ1) is 16.7. The second-order valence-electron chi connectivity index (χ2n) is 5.70. The molecular weight excluding hydrogens is 316 g/mol. The lowest BCUT2D eigenvalue weighted by Gasteiger charge is -2.08. The molecule has 0 fully saturated rings. The molecule has 2 aromatic carbocycles. The van der Waals surface area contributed by atoms with Gasteiger partial charge in [-0.05, 0) is 41.0 Å². The Bertz CT molecular complexity index is 989. The molecule has 0 saturated heterocycles. The van der Waals surface area contributed by atoms with Gasteiger partial charge < -0.3 is 4.57 Å². The fraction of sp³-hybridized carbons (Fsp3) is 0.100. The van der Waals surface area contributed by atoms with E-state index < -0.39 is 5.91 Å². The van der Waals surface area contributed by atoms with Crippen LogP contribution >= 0.6 is 0 Å². The van der Waals surface area contributed by atoms with Gasteiger partial charge in [-0.3, -0.25) is 14.8 Å². The third-order valence-electron chi connectivity index (χ3n) is 4.03. The Morgan fingerprint density at radius 1 is 1.08 bits per heavy atom. The molecule has 0 bridgehead atoms. The number of hydroxylamine groups is 1. The Morgan fingerprint density at radius 3 is 2.68 bits per heavy atom. The molecule has 1 heterocycles. The summed E-state index contributed by atoms with van der Waals surface area (Å²) in [6.45, 7) is 0.547. The summed E-state index contributed by atoms with van der Waals surface area (Å²) < 4.78 is 1.62. The van der Waals surface area contributed by atoms with Crippen LogP contribution in [0.4, 0.5) is 0 Å². The van der Waals surface area contributed by atoms with E-state index in [0.29, 0.717) is 12.1 Å². The maximum absolute atomic E-state index is 12.4. The van der Waals surface area contributed by atoms with E-state index >= 15 is 0 Å². The maximum atomic E-state index is 12.4. The van der Waals surface area contributed by atoms with Crippen molar-refractivity contribution in [3.05, 3.63) is 88.4 Å². The molecule has 1 aromatic heterocycles. The Kier molecular flexibility index (Phi) is 5.06. The molecule has 1 amide bonds. The van der Waals surface area contributed by atoms with Gasteiger partial charge >= 0.3 is 0 Å². The fourth-order valence-corrected chi connectivity index (χ4v) is 2.70. The van der Waals surface area contributed by atoms with Gasteiger partial charge in [0.05, 0.1) is 0 Å². The highest BCUT2D eigenvalue weighted by atomic mass is 16.5. The van der Waals surface area contributed by atoms with Gasteiger partial charge in [-0.25, -0.2) is 5.48 Å². The minimum absolute atomic E-state index is 0.176. The standard InChI is InChI=1S/C20H18N2O3/c23-19(21-25)10-9-17-6-3-12-22(20(17)24)13-11-15-7-8-16-4-1-2-5-18(16)14-15/h1-10,12,14,25H,11,13H2,(H,21,23)/b10-9+. The molecule has 3 aromatic rings. The number of rotatable bonds is 5. The van der Waals surface area contributed by atoms with Crippen molar-refractivity contribution >= 4 is 22.8 Å². The van der Waals surface area contributed by atoms with E-state index in [0.717, 1.165) is 18.1 Å². The van der Waals surface area contributed by atoms with E-state index in [2.05, 4.69) is 30.3 Å². The summed E-state index contributed by atoms with van der Waals surface area (Å²) in [5.41, 5.74) is 2.87. The van der Waals surface area contributed by atoms with Gasteiger partial charge in [0.15, 0.2) is 0 Å². The number of nitrogens with one attached hydrogen (secondary N) is 1. The van der Waals surface area contributed by atoms with E-state index in [1.165, 1.54) is 22.3 Å². The highest BCUT2D eigenvalue weighted by molar-refractivity contribution is 5.90. The summed E-state index contributed by atoms with van der Waals surface area (Å²) in [6.07, 6.45) is 4.96. The zero-order chi connectivity index (χ0) is 17.6. The van der Waals surface area contributed by atoms with Crippen molar-refractivity contribution in [3.8, 4) is 0 Å². The lowest BCUT2D eigenvalue weighted by molar-refractivity contribution is -0.124. The van der Waals surface area contributed by atoms with Gasteiger partial charge in [0.2, 0.25) is 0 Å². The fourth-order valence-electron chi connectivity index (χ4n) is 2.70. The first-order valence-electron chi connectivity index (χ1n) is 7.96.